The smallest absolute Gasteiger partial charge is 0.263 e. The van der Waals surface area contributed by atoms with Crippen LogP contribution in [0.3, 0.4) is 0 Å². The van der Waals surface area contributed by atoms with E-state index in [1.807, 2.05) is 52.9 Å². The molecule has 6 heteroatoms. The Kier molecular flexibility index (Phi) is 4.75. The number of nitrogens with zero attached hydrogens (tertiary/aromatic N) is 3. The molecule has 1 amide bonds. The number of ether oxygens (including phenoxy) is 1. The zero-order valence-electron chi connectivity index (χ0n) is 14.7. The van der Waals surface area contributed by atoms with Crippen LogP contribution >= 0.6 is 11.3 Å². The number of hydrogen-bond donors (Lipinski definition) is 0. The summed E-state index contributed by atoms with van der Waals surface area (Å²) in [6.45, 7) is 3.94. The molecule has 0 N–H and O–H groups in total. The Hall–Kier alpha value is -2.60. The van der Waals surface area contributed by atoms with Gasteiger partial charge in [-0.2, -0.15) is 5.10 Å². The summed E-state index contributed by atoms with van der Waals surface area (Å²) >= 11 is 1.68. The first-order valence-corrected chi connectivity index (χ1v) is 9.70. The summed E-state index contributed by atoms with van der Waals surface area (Å²) in [6.07, 6.45) is 0.381. The van der Waals surface area contributed by atoms with E-state index in [-0.39, 0.29) is 5.91 Å². The molecule has 1 aliphatic heterocycles. The van der Waals surface area contributed by atoms with Crippen molar-refractivity contribution in [2.75, 3.05) is 6.54 Å². The summed E-state index contributed by atoms with van der Waals surface area (Å²) in [6, 6.07) is 15.7. The Balaban J connectivity index is 1.48. The Morgan fingerprint density at radius 1 is 1.19 bits per heavy atom. The third kappa shape index (κ3) is 3.51. The van der Waals surface area contributed by atoms with Gasteiger partial charge in [0.15, 0.2) is 6.10 Å². The van der Waals surface area contributed by atoms with Crippen LogP contribution in [0, 0.1) is 0 Å². The van der Waals surface area contributed by atoms with Gasteiger partial charge in [-0.15, -0.1) is 11.3 Å². The van der Waals surface area contributed by atoms with Crippen LogP contribution in [0.25, 0.3) is 10.6 Å². The van der Waals surface area contributed by atoms with E-state index in [9.17, 15) is 4.79 Å². The lowest BCUT2D eigenvalue weighted by atomic mass is 10.2. The highest BCUT2D eigenvalue weighted by molar-refractivity contribution is 7.13. The summed E-state index contributed by atoms with van der Waals surface area (Å²) < 4.78 is 7.84. The average Bonchev–Trinajstić information content (AvgIpc) is 3.28. The summed E-state index contributed by atoms with van der Waals surface area (Å²) in [4.78, 5) is 15.9. The van der Waals surface area contributed by atoms with Crippen molar-refractivity contribution in [3.63, 3.8) is 0 Å². The molecule has 0 aliphatic carbocycles. The predicted molar refractivity (Wildman–Crippen MR) is 102 cm³/mol. The molecular formula is C20H21N3O2S. The number of hydrogen-bond acceptors (Lipinski definition) is 4. The molecule has 1 aliphatic rings. The minimum Gasteiger partial charge on any atom is -0.481 e. The van der Waals surface area contributed by atoms with Gasteiger partial charge in [0.25, 0.3) is 5.91 Å². The molecule has 3 heterocycles. The maximum absolute atomic E-state index is 12.9. The molecule has 0 spiro atoms. The normalized spacial score (nSPS) is 15.2. The second-order valence-corrected chi connectivity index (χ2v) is 7.36. The minimum atomic E-state index is -0.511. The number of para-hydroxylation sites is 1. The van der Waals surface area contributed by atoms with Crippen molar-refractivity contribution < 1.29 is 9.53 Å². The Morgan fingerprint density at radius 3 is 2.81 bits per heavy atom. The van der Waals surface area contributed by atoms with E-state index in [1.165, 1.54) is 0 Å². The van der Waals surface area contributed by atoms with Crippen molar-refractivity contribution in [3.8, 4) is 16.3 Å². The van der Waals surface area contributed by atoms with Crippen molar-refractivity contribution in [2.24, 2.45) is 0 Å². The zero-order chi connectivity index (χ0) is 17.9. The van der Waals surface area contributed by atoms with Crippen LogP contribution in [0.15, 0.2) is 53.9 Å². The molecule has 26 heavy (non-hydrogen) atoms. The SMILES string of the molecule is C[C@H](Oc1ccccc1)C(=O)N1CCCn2nc(-c3cccs3)cc2C1. The van der Waals surface area contributed by atoms with Gasteiger partial charge < -0.3 is 9.64 Å². The average molecular weight is 367 g/mol. The van der Waals surface area contributed by atoms with E-state index in [4.69, 9.17) is 9.84 Å². The molecule has 0 bridgehead atoms. The summed E-state index contributed by atoms with van der Waals surface area (Å²) in [5.74, 6) is 0.731. The lowest BCUT2D eigenvalue weighted by molar-refractivity contribution is -0.138. The van der Waals surface area contributed by atoms with E-state index in [1.54, 1.807) is 11.3 Å². The number of rotatable bonds is 4. The second kappa shape index (κ2) is 7.33. The third-order valence-electron chi connectivity index (χ3n) is 4.50. The maximum Gasteiger partial charge on any atom is 0.263 e. The molecule has 0 unspecified atom stereocenters. The van der Waals surface area contributed by atoms with Crippen LogP contribution < -0.4 is 4.74 Å². The standard InChI is InChI=1S/C20H21N3O2S/c1-15(25-17-7-3-2-4-8-17)20(24)22-10-6-11-23-16(14-22)13-18(21-23)19-9-5-12-26-19/h2-5,7-9,12-13,15H,6,10-11,14H2,1H3/t15-/m0/s1. The molecular weight excluding hydrogens is 346 g/mol. The van der Waals surface area contributed by atoms with Gasteiger partial charge in [-0.05, 0) is 43.0 Å². The van der Waals surface area contributed by atoms with Crippen molar-refractivity contribution in [3.05, 3.63) is 59.6 Å². The Labute approximate surface area is 156 Å². The van der Waals surface area contributed by atoms with Crippen LogP contribution in [-0.4, -0.2) is 33.2 Å². The van der Waals surface area contributed by atoms with Gasteiger partial charge in [0.2, 0.25) is 0 Å². The fourth-order valence-corrected chi connectivity index (χ4v) is 3.89. The largest absolute Gasteiger partial charge is 0.481 e. The quantitative estimate of drug-likeness (QED) is 0.704. The highest BCUT2D eigenvalue weighted by Gasteiger charge is 2.25. The number of carbonyl (C=O) groups is 1. The number of benzene rings is 1. The van der Waals surface area contributed by atoms with Crippen molar-refractivity contribution in [1.29, 1.82) is 0 Å². The number of thiophene rings is 1. The molecule has 0 saturated heterocycles. The van der Waals surface area contributed by atoms with Crippen LogP contribution in [0.1, 0.15) is 19.0 Å². The third-order valence-corrected chi connectivity index (χ3v) is 5.40. The highest BCUT2D eigenvalue weighted by atomic mass is 32.1. The molecule has 0 saturated carbocycles. The van der Waals surface area contributed by atoms with Gasteiger partial charge in [0.1, 0.15) is 11.4 Å². The molecule has 3 aromatic rings. The Morgan fingerprint density at radius 2 is 2.04 bits per heavy atom. The number of aryl methyl sites for hydroxylation is 1. The first-order valence-electron chi connectivity index (χ1n) is 8.82. The maximum atomic E-state index is 12.9. The monoisotopic (exact) mass is 367 g/mol. The topological polar surface area (TPSA) is 47.4 Å². The van der Waals surface area contributed by atoms with E-state index in [0.29, 0.717) is 12.3 Å². The lowest BCUT2D eigenvalue weighted by Gasteiger charge is -2.24. The fourth-order valence-electron chi connectivity index (χ4n) is 3.21. The van der Waals surface area contributed by atoms with E-state index in [2.05, 4.69) is 17.5 Å². The van der Waals surface area contributed by atoms with Gasteiger partial charge in [0, 0.05) is 13.1 Å². The number of amides is 1. The number of aromatic nitrogens is 2. The first-order chi connectivity index (χ1) is 12.7. The van der Waals surface area contributed by atoms with Gasteiger partial charge in [-0.1, -0.05) is 24.3 Å². The molecule has 2 aromatic heterocycles. The summed E-state index contributed by atoms with van der Waals surface area (Å²) in [5, 5.41) is 6.77. The fraction of sp³-hybridized carbons (Fsp3) is 0.300. The predicted octanol–water partition coefficient (Wildman–Crippen LogP) is 3.81. The summed E-state index contributed by atoms with van der Waals surface area (Å²) in [7, 11) is 0. The zero-order valence-corrected chi connectivity index (χ0v) is 15.5. The van der Waals surface area contributed by atoms with Gasteiger partial charge in [-0.25, -0.2) is 0 Å². The first kappa shape index (κ1) is 16.8. The van der Waals surface area contributed by atoms with Crippen molar-refractivity contribution in [2.45, 2.75) is 32.5 Å². The minimum absolute atomic E-state index is 0.0150. The van der Waals surface area contributed by atoms with Crippen LogP contribution in [0.4, 0.5) is 0 Å². The van der Waals surface area contributed by atoms with Crippen molar-refractivity contribution >= 4 is 17.2 Å². The van der Waals surface area contributed by atoms with Gasteiger partial charge in [-0.3, -0.25) is 9.48 Å². The summed E-state index contributed by atoms with van der Waals surface area (Å²) in [5.41, 5.74) is 2.06. The number of carbonyl (C=O) groups excluding carboxylic acids is 1. The van der Waals surface area contributed by atoms with E-state index in [0.717, 1.165) is 35.8 Å². The van der Waals surface area contributed by atoms with Crippen LogP contribution in [-0.2, 0) is 17.9 Å². The molecule has 0 fully saturated rings. The molecule has 1 atom stereocenters. The molecule has 0 radical (unpaired) electrons. The molecule has 4 rings (SSSR count). The Bertz CT molecular complexity index is 874. The van der Waals surface area contributed by atoms with Crippen LogP contribution in [0.2, 0.25) is 0 Å². The van der Waals surface area contributed by atoms with E-state index >= 15 is 0 Å². The molecule has 1 aromatic carbocycles. The van der Waals surface area contributed by atoms with Gasteiger partial charge in [0.05, 0.1) is 17.1 Å². The number of fused-ring (bicyclic) bond motifs is 1. The molecule has 5 nitrogen and oxygen atoms in total. The van der Waals surface area contributed by atoms with Crippen molar-refractivity contribution in [1.82, 2.24) is 14.7 Å². The highest BCUT2D eigenvalue weighted by Crippen LogP contribution is 2.26. The lowest BCUT2D eigenvalue weighted by Crippen LogP contribution is -2.40. The van der Waals surface area contributed by atoms with E-state index < -0.39 is 6.10 Å². The molecule has 134 valence electrons. The second-order valence-electron chi connectivity index (χ2n) is 6.41. The van der Waals surface area contributed by atoms with Crippen LogP contribution in [0.5, 0.6) is 5.75 Å². The van der Waals surface area contributed by atoms with Gasteiger partial charge >= 0.3 is 0 Å².